The number of carbonyl (C=O) groups is 2. The molecule has 2 heterocycles. The number of nitrogens with one attached hydrogen (secondary N) is 1. The Morgan fingerprint density at radius 3 is 2.77 bits per heavy atom. The van der Waals surface area contributed by atoms with E-state index < -0.39 is 5.97 Å². The number of carbonyl (C=O) groups excluding carboxylic acids is 2. The molecular weight excluding hydrogens is 420 g/mol. The van der Waals surface area contributed by atoms with Gasteiger partial charge in [0.1, 0.15) is 10.8 Å². The van der Waals surface area contributed by atoms with Crippen LogP contribution in [-0.4, -0.2) is 39.5 Å². The third kappa shape index (κ3) is 4.27. The van der Waals surface area contributed by atoms with Crippen LogP contribution in [0.1, 0.15) is 46.9 Å². The first-order valence-corrected chi connectivity index (χ1v) is 11.5. The fourth-order valence-corrected chi connectivity index (χ4v) is 5.10. The molecule has 9 heteroatoms. The minimum absolute atomic E-state index is 0.184. The highest BCUT2D eigenvalue weighted by molar-refractivity contribution is 7.99. The molecule has 0 aliphatic heterocycles. The van der Waals surface area contributed by atoms with Crippen molar-refractivity contribution < 1.29 is 14.3 Å². The monoisotopic (exact) mass is 442 g/mol. The zero-order valence-electron chi connectivity index (χ0n) is 16.7. The Balaban J connectivity index is 1.38. The molecule has 2 unspecified atom stereocenters. The number of methoxy groups -OCH3 is 1. The number of anilines is 1. The number of amides is 1. The predicted molar refractivity (Wildman–Crippen MR) is 117 cm³/mol. The van der Waals surface area contributed by atoms with Gasteiger partial charge < -0.3 is 14.6 Å². The van der Waals surface area contributed by atoms with E-state index in [1.165, 1.54) is 35.8 Å². The van der Waals surface area contributed by atoms with E-state index >= 15 is 0 Å². The van der Waals surface area contributed by atoms with Crippen molar-refractivity contribution in [3.8, 4) is 0 Å². The Morgan fingerprint density at radius 2 is 2.03 bits per heavy atom. The Hall–Kier alpha value is -2.65. The molecule has 1 saturated carbocycles. The SMILES string of the molecule is CCn1c(SCC(=O)Nc2sccc2C(=O)OC)nnc1C1CC1c1ccccc1. The highest BCUT2D eigenvalue weighted by atomic mass is 32.2. The van der Waals surface area contributed by atoms with Crippen LogP contribution in [0.2, 0.25) is 0 Å². The minimum atomic E-state index is -0.466. The van der Waals surface area contributed by atoms with Gasteiger partial charge in [-0.1, -0.05) is 42.1 Å². The molecule has 0 bridgehead atoms. The van der Waals surface area contributed by atoms with Crippen LogP contribution in [-0.2, 0) is 16.1 Å². The lowest BCUT2D eigenvalue weighted by molar-refractivity contribution is -0.113. The van der Waals surface area contributed by atoms with E-state index in [1.54, 1.807) is 11.4 Å². The highest BCUT2D eigenvalue weighted by Crippen LogP contribution is 2.54. The normalized spacial score (nSPS) is 17.5. The van der Waals surface area contributed by atoms with Gasteiger partial charge in [0, 0.05) is 12.5 Å². The average molecular weight is 443 g/mol. The maximum absolute atomic E-state index is 12.4. The van der Waals surface area contributed by atoms with Gasteiger partial charge >= 0.3 is 5.97 Å². The molecule has 1 N–H and O–H groups in total. The van der Waals surface area contributed by atoms with Gasteiger partial charge in [-0.25, -0.2) is 4.79 Å². The van der Waals surface area contributed by atoms with Crippen molar-refractivity contribution in [3.63, 3.8) is 0 Å². The van der Waals surface area contributed by atoms with Crippen molar-refractivity contribution in [1.29, 1.82) is 0 Å². The molecule has 1 aliphatic carbocycles. The first kappa shape index (κ1) is 20.6. The molecule has 0 spiro atoms. The summed E-state index contributed by atoms with van der Waals surface area (Å²) < 4.78 is 6.83. The summed E-state index contributed by atoms with van der Waals surface area (Å²) in [6.07, 6.45) is 1.07. The van der Waals surface area contributed by atoms with E-state index in [0.717, 1.165) is 23.9 Å². The van der Waals surface area contributed by atoms with Crippen LogP contribution in [0.15, 0.2) is 46.9 Å². The lowest BCUT2D eigenvalue weighted by Crippen LogP contribution is -2.16. The summed E-state index contributed by atoms with van der Waals surface area (Å²) in [7, 11) is 1.32. The zero-order chi connectivity index (χ0) is 21.1. The van der Waals surface area contributed by atoms with Crippen LogP contribution in [0.4, 0.5) is 5.00 Å². The van der Waals surface area contributed by atoms with E-state index in [4.69, 9.17) is 4.74 Å². The summed E-state index contributed by atoms with van der Waals surface area (Å²) in [5.41, 5.74) is 1.69. The Morgan fingerprint density at radius 1 is 1.23 bits per heavy atom. The van der Waals surface area contributed by atoms with Crippen molar-refractivity contribution in [3.05, 3.63) is 58.7 Å². The second-order valence-electron chi connectivity index (χ2n) is 6.94. The Bertz CT molecular complexity index is 1050. The van der Waals surface area contributed by atoms with E-state index in [1.807, 2.05) is 6.07 Å². The largest absolute Gasteiger partial charge is 0.465 e. The molecular formula is C21H22N4O3S2. The number of esters is 1. The molecule has 156 valence electrons. The van der Waals surface area contributed by atoms with Gasteiger partial charge in [0.05, 0.1) is 18.4 Å². The van der Waals surface area contributed by atoms with Crippen molar-refractivity contribution in [2.75, 3.05) is 18.2 Å². The van der Waals surface area contributed by atoms with Gasteiger partial charge in [-0.2, -0.15) is 0 Å². The van der Waals surface area contributed by atoms with Crippen LogP contribution in [0.5, 0.6) is 0 Å². The van der Waals surface area contributed by atoms with E-state index in [-0.39, 0.29) is 11.7 Å². The van der Waals surface area contributed by atoms with Crippen LogP contribution in [0.25, 0.3) is 0 Å². The molecule has 1 aliphatic rings. The van der Waals surface area contributed by atoms with E-state index in [2.05, 4.69) is 51.3 Å². The Labute approximate surface area is 182 Å². The summed E-state index contributed by atoms with van der Waals surface area (Å²) >= 11 is 2.64. The van der Waals surface area contributed by atoms with Gasteiger partial charge in [-0.05, 0) is 36.3 Å². The van der Waals surface area contributed by atoms with E-state index in [9.17, 15) is 9.59 Å². The van der Waals surface area contributed by atoms with Gasteiger partial charge in [-0.3, -0.25) is 4.79 Å². The number of nitrogens with zero attached hydrogens (tertiary/aromatic N) is 3. The molecule has 4 rings (SSSR count). The van der Waals surface area contributed by atoms with Crippen molar-refractivity contribution in [1.82, 2.24) is 14.8 Å². The summed E-state index contributed by atoms with van der Waals surface area (Å²) in [5, 5.41) is 14.5. The molecule has 7 nitrogen and oxygen atoms in total. The second kappa shape index (κ2) is 9.01. The van der Waals surface area contributed by atoms with Crippen LogP contribution in [0, 0.1) is 0 Å². The van der Waals surface area contributed by atoms with Gasteiger partial charge in [0.15, 0.2) is 5.16 Å². The standard InChI is InChI=1S/C21H22N4O3S2/c1-3-25-18(16-11-15(16)13-7-5-4-6-8-13)23-24-21(25)30-12-17(26)22-19-14(9-10-29-19)20(27)28-2/h4-10,15-16H,3,11-12H2,1-2H3,(H,22,26). The molecule has 0 saturated heterocycles. The number of benzene rings is 1. The third-order valence-corrected chi connectivity index (χ3v) is 6.86. The Kier molecular flexibility index (Phi) is 6.19. The number of rotatable bonds is 8. The van der Waals surface area contributed by atoms with Crippen LogP contribution >= 0.6 is 23.1 Å². The van der Waals surface area contributed by atoms with E-state index in [0.29, 0.717) is 22.4 Å². The zero-order valence-corrected chi connectivity index (χ0v) is 18.3. The minimum Gasteiger partial charge on any atom is -0.465 e. The smallest absolute Gasteiger partial charge is 0.340 e. The fourth-order valence-electron chi connectivity index (χ4n) is 3.50. The number of hydrogen-bond acceptors (Lipinski definition) is 7. The molecule has 2 aromatic heterocycles. The third-order valence-electron chi connectivity index (χ3n) is 5.07. The molecule has 0 radical (unpaired) electrons. The number of ether oxygens (including phenoxy) is 1. The summed E-state index contributed by atoms with van der Waals surface area (Å²) in [6.45, 7) is 2.81. The molecule has 2 atom stereocenters. The van der Waals surface area contributed by atoms with Crippen molar-refractivity contribution >= 4 is 40.0 Å². The average Bonchev–Trinajstić information content (AvgIpc) is 3.24. The number of hydrogen-bond donors (Lipinski definition) is 1. The first-order chi connectivity index (χ1) is 14.6. The molecule has 30 heavy (non-hydrogen) atoms. The molecule has 1 aromatic carbocycles. The lowest BCUT2D eigenvalue weighted by atomic mass is 10.1. The van der Waals surface area contributed by atoms with Gasteiger partial charge in [0.25, 0.3) is 0 Å². The van der Waals surface area contributed by atoms with Crippen LogP contribution in [0.3, 0.4) is 0 Å². The molecule has 1 amide bonds. The molecule has 1 fully saturated rings. The quantitative estimate of drug-likeness (QED) is 0.417. The van der Waals surface area contributed by atoms with Crippen molar-refractivity contribution in [2.45, 2.75) is 36.9 Å². The topological polar surface area (TPSA) is 86.1 Å². The first-order valence-electron chi connectivity index (χ1n) is 9.68. The number of thiophene rings is 1. The van der Waals surface area contributed by atoms with Crippen molar-refractivity contribution in [2.24, 2.45) is 0 Å². The van der Waals surface area contributed by atoms with Crippen LogP contribution < -0.4 is 5.32 Å². The van der Waals surface area contributed by atoms with Gasteiger partial charge in [-0.15, -0.1) is 21.5 Å². The highest BCUT2D eigenvalue weighted by Gasteiger charge is 2.43. The number of aromatic nitrogens is 3. The maximum atomic E-state index is 12.4. The fraction of sp³-hybridized carbons (Fsp3) is 0.333. The van der Waals surface area contributed by atoms with Gasteiger partial charge in [0.2, 0.25) is 5.91 Å². The number of thioether (sulfide) groups is 1. The maximum Gasteiger partial charge on any atom is 0.340 e. The lowest BCUT2D eigenvalue weighted by Gasteiger charge is -2.08. The molecule has 3 aromatic rings. The summed E-state index contributed by atoms with van der Waals surface area (Å²) in [4.78, 5) is 24.1. The second-order valence-corrected chi connectivity index (χ2v) is 8.79. The summed E-state index contributed by atoms with van der Waals surface area (Å²) in [5.74, 6) is 1.36. The summed E-state index contributed by atoms with van der Waals surface area (Å²) in [6, 6.07) is 12.1. The predicted octanol–water partition coefficient (Wildman–Crippen LogP) is 4.15.